The van der Waals surface area contributed by atoms with E-state index in [0.717, 1.165) is 0 Å². The Kier molecular flexibility index (Phi) is 3.27. The van der Waals surface area contributed by atoms with Gasteiger partial charge in [0.05, 0.1) is 17.4 Å². The van der Waals surface area contributed by atoms with Gasteiger partial charge >= 0.3 is 0 Å². The van der Waals surface area contributed by atoms with Gasteiger partial charge in [0.15, 0.2) is 0 Å². The molecule has 1 amide bonds. The van der Waals surface area contributed by atoms with E-state index in [1.165, 1.54) is 10.4 Å². The molecule has 0 aliphatic carbocycles. The van der Waals surface area contributed by atoms with E-state index in [9.17, 15) is 18.3 Å². The number of sulfonamides is 1. The van der Waals surface area contributed by atoms with Crippen LogP contribution in [0.15, 0.2) is 23.1 Å². The Labute approximate surface area is 117 Å². The van der Waals surface area contributed by atoms with Gasteiger partial charge < -0.3 is 10.4 Å². The molecule has 2 aliphatic rings. The van der Waals surface area contributed by atoms with Crippen LogP contribution < -0.4 is 5.32 Å². The highest BCUT2D eigenvalue weighted by atomic mass is 32.2. The van der Waals surface area contributed by atoms with Crippen LogP contribution in [-0.4, -0.2) is 42.9 Å². The Morgan fingerprint density at radius 3 is 2.90 bits per heavy atom. The summed E-state index contributed by atoms with van der Waals surface area (Å²) in [7, 11) is -3.60. The van der Waals surface area contributed by atoms with Gasteiger partial charge in [-0.15, -0.1) is 0 Å². The minimum absolute atomic E-state index is 0.122. The molecular formula is C13H16N2O4S. The molecule has 1 aromatic carbocycles. The van der Waals surface area contributed by atoms with Gasteiger partial charge in [0, 0.05) is 18.8 Å². The number of hydrogen-bond donors (Lipinski definition) is 2. The van der Waals surface area contributed by atoms with E-state index in [2.05, 4.69) is 5.32 Å². The van der Waals surface area contributed by atoms with E-state index >= 15 is 0 Å². The van der Waals surface area contributed by atoms with Gasteiger partial charge in [-0.2, -0.15) is 4.31 Å². The number of aliphatic hydroxyl groups is 1. The molecule has 0 spiro atoms. The molecule has 0 saturated carbocycles. The summed E-state index contributed by atoms with van der Waals surface area (Å²) in [5, 5.41) is 12.3. The number of benzene rings is 1. The van der Waals surface area contributed by atoms with Gasteiger partial charge in [-0.1, -0.05) is 0 Å². The molecule has 1 saturated heterocycles. The summed E-state index contributed by atoms with van der Waals surface area (Å²) >= 11 is 0. The van der Waals surface area contributed by atoms with Crippen molar-refractivity contribution >= 4 is 21.6 Å². The summed E-state index contributed by atoms with van der Waals surface area (Å²) in [6.45, 7) is 0.560. The summed E-state index contributed by atoms with van der Waals surface area (Å²) in [5.41, 5.74) is 1.38. The lowest BCUT2D eigenvalue weighted by atomic mass is 10.1. The van der Waals surface area contributed by atoms with E-state index in [0.29, 0.717) is 30.6 Å². The van der Waals surface area contributed by atoms with Crippen molar-refractivity contribution in [3.8, 4) is 0 Å². The van der Waals surface area contributed by atoms with E-state index < -0.39 is 16.1 Å². The summed E-state index contributed by atoms with van der Waals surface area (Å²) in [5.74, 6) is -0.122. The van der Waals surface area contributed by atoms with Crippen molar-refractivity contribution in [2.45, 2.75) is 30.3 Å². The van der Waals surface area contributed by atoms with Crippen LogP contribution in [0.3, 0.4) is 0 Å². The van der Waals surface area contributed by atoms with E-state index in [1.54, 1.807) is 12.1 Å². The fraction of sp³-hybridized carbons (Fsp3) is 0.462. The van der Waals surface area contributed by atoms with Gasteiger partial charge in [-0.05, 0) is 36.6 Å². The minimum Gasteiger partial charge on any atom is -0.392 e. The number of carbonyl (C=O) groups is 1. The largest absolute Gasteiger partial charge is 0.392 e. The van der Waals surface area contributed by atoms with Gasteiger partial charge in [-0.3, -0.25) is 4.79 Å². The third kappa shape index (κ3) is 2.32. The van der Waals surface area contributed by atoms with Gasteiger partial charge in [0.2, 0.25) is 15.9 Å². The highest BCUT2D eigenvalue weighted by Gasteiger charge is 2.30. The molecule has 0 radical (unpaired) electrons. The summed E-state index contributed by atoms with van der Waals surface area (Å²) < 4.78 is 26.4. The van der Waals surface area contributed by atoms with E-state index in [-0.39, 0.29) is 23.8 Å². The molecule has 2 aliphatic heterocycles. The van der Waals surface area contributed by atoms with Crippen LogP contribution in [0.25, 0.3) is 0 Å². The Bertz CT molecular complexity index is 656. The molecule has 7 heteroatoms. The highest BCUT2D eigenvalue weighted by Crippen LogP contribution is 2.28. The highest BCUT2D eigenvalue weighted by molar-refractivity contribution is 7.89. The van der Waals surface area contributed by atoms with Crippen LogP contribution in [0, 0.1) is 0 Å². The van der Waals surface area contributed by atoms with Crippen LogP contribution in [0.2, 0.25) is 0 Å². The number of hydrogen-bond acceptors (Lipinski definition) is 4. The Morgan fingerprint density at radius 1 is 1.35 bits per heavy atom. The maximum Gasteiger partial charge on any atom is 0.243 e. The number of piperidine rings is 1. The smallest absolute Gasteiger partial charge is 0.243 e. The first-order chi connectivity index (χ1) is 9.46. The van der Waals surface area contributed by atoms with Crippen molar-refractivity contribution in [2.75, 3.05) is 18.4 Å². The zero-order valence-electron chi connectivity index (χ0n) is 10.9. The van der Waals surface area contributed by atoms with E-state index in [4.69, 9.17) is 0 Å². The second-order valence-corrected chi connectivity index (χ2v) is 7.14. The lowest BCUT2D eigenvalue weighted by Crippen LogP contribution is -2.42. The zero-order valence-corrected chi connectivity index (χ0v) is 11.7. The van der Waals surface area contributed by atoms with Crippen molar-refractivity contribution < 1.29 is 18.3 Å². The number of aliphatic hydroxyl groups excluding tert-OH is 1. The maximum atomic E-state index is 12.5. The Hall–Kier alpha value is -1.44. The minimum atomic E-state index is -3.60. The number of β-amino-alcohol motifs (C(OH)–C–C–N with tert-alkyl or cyclic N) is 1. The van der Waals surface area contributed by atoms with Crippen molar-refractivity contribution in [1.29, 1.82) is 0 Å². The molecule has 108 valence electrons. The summed E-state index contributed by atoms with van der Waals surface area (Å²) in [6, 6.07) is 4.66. The molecule has 20 heavy (non-hydrogen) atoms. The molecule has 1 fully saturated rings. The predicted octanol–water partition coefficient (Wildman–Crippen LogP) is 0.327. The van der Waals surface area contributed by atoms with Gasteiger partial charge in [-0.25, -0.2) is 8.42 Å². The topological polar surface area (TPSA) is 86.7 Å². The molecule has 0 aromatic heterocycles. The van der Waals surface area contributed by atoms with Crippen molar-refractivity contribution in [2.24, 2.45) is 0 Å². The lowest BCUT2D eigenvalue weighted by Gasteiger charge is -2.29. The van der Waals surface area contributed by atoms with Crippen LogP contribution in [0.5, 0.6) is 0 Å². The van der Waals surface area contributed by atoms with Gasteiger partial charge in [0.1, 0.15) is 0 Å². The van der Waals surface area contributed by atoms with Crippen LogP contribution in [0.4, 0.5) is 5.69 Å². The summed E-state index contributed by atoms with van der Waals surface area (Å²) in [4.78, 5) is 11.5. The molecule has 2 N–H and O–H groups in total. The number of amides is 1. The first kappa shape index (κ1) is 13.5. The number of rotatable bonds is 2. The second-order valence-electron chi connectivity index (χ2n) is 5.20. The van der Waals surface area contributed by atoms with E-state index in [1.807, 2.05) is 0 Å². The second kappa shape index (κ2) is 4.83. The Morgan fingerprint density at radius 2 is 2.15 bits per heavy atom. The van der Waals surface area contributed by atoms with Crippen molar-refractivity contribution in [3.05, 3.63) is 23.8 Å². The molecule has 2 heterocycles. The standard InChI is InChI=1S/C13H16N2O4S/c16-10-2-1-5-15(8-10)20(18,19)11-3-4-12-9(6-11)7-13(17)14-12/h3-4,6,10,16H,1-2,5,7-8H2,(H,14,17)/t10-/m0/s1. The average molecular weight is 296 g/mol. The number of anilines is 1. The number of nitrogens with zero attached hydrogens (tertiary/aromatic N) is 1. The molecule has 1 atom stereocenters. The third-order valence-electron chi connectivity index (χ3n) is 3.70. The quantitative estimate of drug-likeness (QED) is 0.823. The SMILES string of the molecule is O=C1Cc2cc(S(=O)(=O)N3CCC[C@H](O)C3)ccc2N1. The maximum absolute atomic E-state index is 12.5. The van der Waals surface area contributed by atoms with Crippen molar-refractivity contribution in [3.63, 3.8) is 0 Å². The number of nitrogens with one attached hydrogen (secondary N) is 1. The monoisotopic (exact) mass is 296 g/mol. The molecule has 0 bridgehead atoms. The van der Waals surface area contributed by atoms with Crippen LogP contribution in [0.1, 0.15) is 18.4 Å². The van der Waals surface area contributed by atoms with Crippen molar-refractivity contribution in [1.82, 2.24) is 4.31 Å². The predicted molar refractivity (Wildman–Crippen MR) is 72.8 cm³/mol. The number of fused-ring (bicyclic) bond motifs is 1. The fourth-order valence-corrected chi connectivity index (χ4v) is 4.22. The first-order valence-corrected chi connectivity index (χ1v) is 8.02. The number of carbonyl (C=O) groups excluding carboxylic acids is 1. The van der Waals surface area contributed by atoms with Gasteiger partial charge in [0.25, 0.3) is 0 Å². The molecule has 3 rings (SSSR count). The molecule has 0 unspecified atom stereocenters. The molecular weight excluding hydrogens is 280 g/mol. The lowest BCUT2D eigenvalue weighted by molar-refractivity contribution is -0.115. The summed E-state index contributed by atoms with van der Waals surface area (Å²) in [6.07, 6.45) is 0.901. The average Bonchev–Trinajstić information content (AvgIpc) is 2.77. The first-order valence-electron chi connectivity index (χ1n) is 6.58. The zero-order chi connectivity index (χ0) is 14.3. The van der Waals surface area contributed by atoms with Crippen LogP contribution in [-0.2, 0) is 21.2 Å². The molecule has 6 nitrogen and oxygen atoms in total. The normalized spacial score (nSPS) is 23.4. The fourth-order valence-electron chi connectivity index (χ4n) is 2.65. The van der Waals surface area contributed by atoms with Crippen LogP contribution >= 0.6 is 0 Å². The molecule has 1 aromatic rings. The third-order valence-corrected chi connectivity index (χ3v) is 5.56. The Balaban J connectivity index is 1.92.